The second-order valence-electron chi connectivity index (χ2n) is 4.86. The largest absolute Gasteiger partial charge is 0.453 e. The number of amides is 1. The molecule has 2 aromatic heterocycles. The summed E-state index contributed by atoms with van der Waals surface area (Å²) >= 11 is 0.978. The van der Waals surface area contributed by atoms with E-state index in [0.717, 1.165) is 11.8 Å². The Hall–Kier alpha value is -3.34. The zero-order valence-corrected chi connectivity index (χ0v) is 14.2. The lowest BCUT2D eigenvalue weighted by molar-refractivity contribution is -0.736. The van der Waals surface area contributed by atoms with Gasteiger partial charge in [0.2, 0.25) is 5.16 Å². The Bertz CT molecular complexity index is 967. The van der Waals surface area contributed by atoms with E-state index in [1.165, 1.54) is 7.11 Å². The molecule has 0 radical (unpaired) electrons. The van der Waals surface area contributed by atoms with E-state index in [4.69, 9.17) is 9.25 Å². The molecule has 26 heavy (non-hydrogen) atoms. The number of carbonyl (C=O) groups excluding carboxylic acids is 1. The molecule has 11 heteroatoms. The quantitative estimate of drug-likeness (QED) is 0.379. The maximum absolute atomic E-state index is 11.8. The summed E-state index contributed by atoms with van der Waals surface area (Å²) in [5.74, 6) is 0.240. The summed E-state index contributed by atoms with van der Waals surface area (Å²) in [7, 11) is 1.27. The Kier molecular flexibility index (Phi) is 5.17. The smallest absolute Gasteiger partial charge is 0.327 e. The van der Waals surface area contributed by atoms with Gasteiger partial charge < -0.3 is 4.42 Å². The molecule has 0 aliphatic heterocycles. The number of carbonyl (C=O) groups is 1. The summed E-state index contributed by atoms with van der Waals surface area (Å²) in [4.78, 5) is 42.1. The molecule has 2 heterocycles. The molecule has 1 amide bonds. The van der Waals surface area contributed by atoms with Crippen molar-refractivity contribution in [2.24, 2.45) is 5.18 Å². The van der Waals surface area contributed by atoms with Gasteiger partial charge in [-0.3, -0.25) is 9.89 Å². The SMILES string of the molecule is CO[N+](=O)c1ccccc1-c1ccc(-c2nc(SCC(=O)N=O)n[nH]2)o1. The highest BCUT2D eigenvalue weighted by molar-refractivity contribution is 7.99. The van der Waals surface area contributed by atoms with Crippen LogP contribution in [0.1, 0.15) is 0 Å². The van der Waals surface area contributed by atoms with Crippen LogP contribution in [0.2, 0.25) is 0 Å². The minimum atomic E-state index is -0.793. The Morgan fingerprint density at radius 1 is 1.31 bits per heavy atom. The van der Waals surface area contributed by atoms with E-state index in [1.54, 1.807) is 36.4 Å². The van der Waals surface area contributed by atoms with Crippen molar-refractivity contribution in [1.82, 2.24) is 15.2 Å². The van der Waals surface area contributed by atoms with Crippen molar-refractivity contribution in [3.05, 3.63) is 46.2 Å². The van der Waals surface area contributed by atoms with E-state index in [1.807, 2.05) is 0 Å². The van der Waals surface area contributed by atoms with Crippen LogP contribution in [0.25, 0.3) is 22.9 Å². The predicted molar refractivity (Wildman–Crippen MR) is 91.3 cm³/mol. The molecule has 0 aliphatic rings. The molecule has 0 unspecified atom stereocenters. The zero-order chi connectivity index (χ0) is 18.5. The van der Waals surface area contributed by atoms with Gasteiger partial charge >= 0.3 is 5.69 Å². The summed E-state index contributed by atoms with van der Waals surface area (Å²) in [6.07, 6.45) is 0. The molecule has 0 atom stereocenters. The van der Waals surface area contributed by atoms with E-state index in [-0.39, 0.29) is 10.9 Å². The highest BCUT2D eigenvalue weighted by Gasteiger charge is 2.23. The fourth-order valence-corrected chi connectivity index (χ4v) is 2.69. The average molecular weight is 374 g/mol. The maximum Gasteiger partial charge on any atom is 0.327 e. The zero-order valence-electron chi connectivity index (χ0n) is 13.4. The highest BCUT2D eigenvalue weighted by atomic mass is 32.2. The first-order valence-electron chi connectivity index (χ1n) is 7.24. The molecule has 132 valence electrons. The van der Waals surface area contributed by atoms with E-state index in [2.05, 4.69) is 20.4 Å². The lowest BCUT2D eigenvalue weighted by Gasteiger charge is -1.97. The fraction of sp³-hybridized carbons (Fsp3) is 0.133. The van der Waals surface area contributed by atoms with Gasteiger partial charge in [0, 0.05) is 11.2 Å². The van der Waals surface area contributed by atoms with Crippen LogP contribution in [0.5, 0.6) is 0 Å². The van der Waals surface area contributed by atoms with Crippen LogP contribution in [0.15, 0.2) is 51.1 Å². The van der Waals surface area contributed by atoms with Crippen LogP contribution in [-0.4, -0.2) is 38.9 Å². The second kappa shape index (κ2) is 7.70. The van der Waals surface area contributed by atoms with Crippen LogP contribution in [0.4, 0.5) is 5.69 Å². The lowest BCUT2D eigenvalue weighted by atomic mass is 10.1. The number of hydrogen-bond donors (Lipinski definition) is 1. The van der Waals surface area contributed by atoms with Crippen molar-refractivity contribution in [3.63, 3.8) is 0 Å². The molecule has 3 rings (SSSR count). The van der Waals surface area contributed by atoms with Crippen LogP contribution >= 0.6 is 11.8 Å². The van der Waals surface area contributed by atoms with Crippen LogP contribution < -0.4 is 0 Å². The third kappa shape index (κ3) is 3.67. The first-order valence-corrected chi connectivity index (χ1v) is 8.23. The molecular formula is C15H12N5O5S+. The first kappa shape index (κ1) is 17.5. The van der Waals surface area contributed by atoms with Gasteiger partial charge in [0.15, 0.2) is 18.7 Å². The van der Waals surface area contributed by atoms with Gasteiger partial charge in [-0.25, -0.2) is 4.84 Å². The Labute approximate surface area is 150 Å². The summed E-state index contributed by atoms with van der Waals surface area (Å²) < 4.78 is 5.75. The number of nitrogens with one attached hydrogen (secondary N) is 1. The summed E-state index contributed by atoms with van der Waals surface area (Å²) in [6, 6.07) is 10.2. The van der Waals surface area contributed by atoms with Crippen molar-refractivity contribution >= 4 is 23.4 Å². The minimum absolute atomic E-state index is 0.145. The van der Waals surface area contributed by atoms with Crippen molar-refractivity contribution in [2.75, 3.05) is 12.9 Å². The van der Waals surface area contributed by atoms with Gasteiger partial charge in [0.25, 0.3) is 10.8 Å². The molecule has 0 saturated heterocycles. The number of furan rings is 1. The number of hydrogen-bond acceptors (Lipinski definition) is 8. The minimum Gasteiger partial charge on any atom is -0.453 e. The van der Waals surface area contributed by atoms with Crippen molar-refractivity contribution < 1.29 is 19.0 Å². The number of benzene rings is 1. The molecule has 0 fully saturated rings. The monoisotopic (exact) mass is 374 g/mol. The predicted octanol–water partition coefficient (Wildman–Crippen LogP) is 3.09. The first-order chi connectivity index (χ1) is 12.6. The number of nitrogens with zero attached hydrogens (tertiary/aromatic N) is 4. The molecule has 1 aromatic carbocycles. The highest BCUT2D eigenvalue weighted by Crippen LogP contribution is 2.33. The van der Waals surface area contributed by atoms with E-state index in [0.29, 0.717) is 33.5 Å². The number of nitroso groups, excluding NO2 is 1. The third-order valence-electron chi connectivity index (χ3n) is 3.26. The van der Waals surface area contributed by atoms with Gasteiger partial charge in [-0.1, -0.05) is 23.9 Å². The Morgan fingerprint density at radius 2 is 2.08 bits per heavy atom. The topological polar surface area (TPSA) is 131 Å². The van der Waals surface area contributed by atoms with Gasteiger partial charge in [0.1, 0.15) is 5.76 Å². The van der Waals surface area contributed by atoms with Crippen LogP contribution in [0.3, 0.4) is 0 Å². The Balaban J connectivity index is 1.83. The summed E-state index contributed by atoms with van der Waals surface area (Å²) in [5.41, 5.74) is 0.844. The fourth-order valence-electron chi connectivity index (χ4n) is 2.12. The lowest BCUT2D eigenvalue weighted by Crippen LogP contribution is -1.99. The van der Waals surface area contributed by atoms with E-state index < -0.39 is 5.91 Å². The van der Waals surface area contributed by atoms with Crippen molar-refractivity contribution in [1.29, 1.82) is 0 Å². The summed E-state index contributed by atoms with van der Waals surface area (Å²) in [6.45, 7) is 0. The van der Waals surface area contributed by atoms with Gasteiger partial charge in [-0.15, -0.1) is 10.0 Å². The van der Waals surface area contributed by atoms with Gasteiger partial charge in [0.05, 0.1) is 16.2 Å². The third-order valence-corrected chi connectivity index (χ3v) is 4.09. The average Bonchev–Trinajstić information content (AvgIpc) is 3.34. The molecule has 0 spiro atoms. The molecule has 1 N–H and O–H groups in total. The van der Waals surface area contributed by atoms with Crippen molar-refractivity contribution in [3.8, 4) is 22.9 Å². The molecule has 0 aliphatic carbocycles. The standard InChI is InChI=1S/C15H12N5O5S/c1-24-20(23)10-5-3-2-4-9(10)11-6-7-12(25-11)14-16-15(18-17-14)26-8-13(21)19-22/h2-7H,8H2,1H3,(H,16,17,18)/q+1. The number of aromatic nitrogens is 3. The van der Waals surface area contributed by atoms with E-state index in [9.17, 15) is 14.6 Å². The molecule has 10 nitrogen and oxygen atoms in total. The summed E-state index contributed by atoms with van der Waals surface area (Å²) in [5, 5.41) is 9.20. The molecule has 3 aromatic rings. The number of thioether (sulfide) groups is 1. The number of H-pyrrole nitrogens is 1. The van der Waals surface area contributed by atoms with E-state index >= 15 is 0 Å². The number of rotatable bonds is 7. The van der Waals surface area contributed by atoms with Gasteiger partial charge in [-0.2, -0.15) is 4.98 Å². The normalized spacial score (nSPS) is 10.5. The van der Waals surface area contributed by atoms with Crippen molar-refractivity contribution in [2.45, 2.75) is 5.16 Å². The maximum atomic E-state index is 11.8. The van der Waals surface area contributed by atoms with Crippen LogP contribution in [-0.2, 0) is 9.63 Å². The molecule has 0 saturated carbocycles. The van der Waals surface area contributed by atoms with Gasteiger partial charge in [-0.05, 0) is 18.2 Å². The Morgan fingerprint density at radius 3 is 2.85 bits per heavy atom. The number of para-hydroxylation sites is 1. The second-order valence-corrected chi connectivity index (χ2v) is 5.80. The molecule has 0 bridgehead atoms. The van der Waals surface area contributed by atoms with Crippen LogP contribution in [0, 0.1) is 9.81 Å². The molecular weight excluding hydrogens is 362 g/mol. The number of aromatic amines is 1.